The van der Waals surface area contributed by atoms with Crippen LogP contribution in [0.15, 0.2) is 15.8 Å². The lowest BCUT2D eigenvalue weighted by molar-refractivity contribution is -0.136. The van der Waals surface area contributed by atoms with Gasteiger partial charge in [0.1, 0.15) is 42.7 Å². The summed E-state index contributed by atoms with van der Waals surface area (Å²) in [6.07, 6.45) is -13.3. The number of aldehydes is 1. The lowest BCUT2D eigenvalue weighted by atomic mass is 10.0. The summed E-state index contributed by atoms with van der Waals surface area (Å²) in [6.45, 7) is -1.76. The number of aromatic nitrogens is 2. The molecule has 0 bridgehead atoms. The van der Waals surface area contributed by atoms with Crippen LogP contribution in [0.4, 0.5) is 4.39 Å². The largest absolute Gasteiger partial charge is 0.481 e. The Labute approximate surface area is 209 Å². The van der Waals surface area contributed by atoms with Gasteiger partial charge in [0.05, 0.1) is 19.4 Å². The number of nitrogens with zero attached hydrogens (tertiary/aromatic N) is 1. The number of hydrogen-bond donors (Lipinski definition) is 11. The van der Waals surface area contributed by atoms with E-state index in [0.29, 0.717) is 10.8 Å². The summed E-state index contributed by atoms with van der Waals surface area (Å²) in [5, 5.41) is 63.3. The summed E-state index contributed by atoms with van der Waals surface area (Å²) in [6, 6.07) is 0. The number of H-pyrrole nitrogens is 1. The first kappa shape index (κ1) is 34.2. The maximum absolute atomic E-state index is 13.3. The van der Waals surface area contributed by atoms with E-state index in [0.717, 1.165) is 0 Å². The number of aliphatic hydroxyl groups is 7. The molecule has 1 saturated heterocycles. The molecule has 0 spiro atoms. The molecule has 20 nitrogen and oxygen atoms in total. The number of phosphoric ester groups is 1. The van der Waals surface area contributed by atoms with Crippen molar-refractivity contribution in [2.75, 3.05) is 13.2 Å². The molecule has 0 radical (unpaired) electrons. The van der Waals surface area contributed by atoms with Crippen LogP contribution >= 0.6 is 15.6 Å². The zero-order valence-electron chi connectivity index (χ0n) is 18.6. The fourth-order valence-corrected chi connectivity index (χ4v) is 4.29. The van der Waals surface area contributed by atoms with Crippen molar-refractivity contribution in [1.82, 2.24) is 9.55 Å². The number of rotatable bonds is 11. The number of aromatic amines is 1. The second kappa shape index (κ2) is 14.0. The molecule has 2 heterocycles. The number of halogens is 1. The van der Waals surface area contributed by atoms with Gasteiger partial charge in [0.2, 0.25) is 5.82 Å². The zero-order valence-corrected chi connectivity index (χ0v) is 20.4. The predicted octanol–water partition coefficient (Wildman–Crippen LogP) is -5.86. The SMILES string of the molecule is O=C[C@H](O)[C@@H](O)[C@H](O)[C@H](O)CO.O=c1[nH]c(=O)n([C@@H]2O[C@H](COP(=O)(O)OP(=O)(O)O)[C@@H](O)[C@H]2O)cc1F. The number of aliphatic hydroxyl groups excluding tert-OH is 7. The van der Waals surface area contributed by atoms with Gasteiger partial charge in [0, 0.05) is 0 Å². The molecule has 1 fully saturated rings. The third kappa shape index (κ3) is 9.75. The maximum atomic E-state index is 13.3. The van der Waals surface area contributed by atoms with Crippen LogP contribution in [0.2, 0.25) is 0 Å². The van der Waals surface area contributed by atoms with Gasteiger partial charge in [-0.1, -0.05) is 0 Å². The molecule has 9 atom stereocenters. The van der Waals surface area contributed by atoms with Crippen molar-refractivity contribution >= 4 is 21.9 Å². The van der Waals surface area contributed by atoms with Gasteiger partial charge >= 0.3 is 21.3 Å². The van der Waals surface area contributed by atoms with Gasteiger partial charge < -0.3 is 60.0 Å². The highest BCUT2D eigenvalue weighted by atomic mass is 31.3. The highest BCUT2D eigenvalue weighted by molar-refractivity contribution is 7.60. The van der Waals surface area contributed by atoms with E-state index in [1.165, 1.54) is 0 Å². The minimum atomic E-state index is -5.36. The van der Waals surface area contributed by atoms with Gasteiger partial charge in [-0.05, 0) is 0 Å². The molecule has 1 aromatic rings. The second-order valence-electron chi connectivity index (χ2n) is 7.38. The number of carbonyl (C=O) groups excluding carboxylic acids is 1. The number of nitrogens with one attached hydrogen (secondary N) is 1. The summed E-state index contributed by atoms with van der Waals surface area (Å²) < 4.78 is 48.4. The minimum absolute atomic E-state index is 0.0258. The van der Waals surface area contributed by atoms with E-state index in [-0.39, 0.29) is 6.29 Å². The van der Waals surface area contributed by atoms with Gasteiger partial charge in [0.15, 0.2) is 12.5 Å². The lowest BCUT2D eigenvalue weighted by Gasteiger charge is -2.22. The summed E-state index contributed by atoms with van der Waals surface area (Å²) >= 11 is 0. The molecule has 0 aromatic carbocycles. The number of hydrogen-bond acceptors (Lipinski definition) is 15. The van der Waals surface area contributed by atoms with E-state index in [2.05, 4.69) is 8.83 Å². The van der Waals surface area contributed by atoms with E-state index in [9.17, 15) is 38.1 Å². The van der Waals surface area contributed by atoms with Gasteiger partial charge in [-0.2, -0.15) is 8.70 Å². The topological polar surface area (TPSA) is 336 Å². The number of ether oxygens (including phenoxy) is 1. The summed E-state index contributed by atoms with van der Waals surface area (Å²) in [5.74, 6) is -1.38. The molecule has 1 unspecified atom stereocenters. The summed E-state index contributed by atoms with van der Waals surface area (Å²) in [4.78, 5) is 60.2. The molecule has 1 aliphatic rings. The molecule has 220 valence electrons. The molecule has 0 aliphatic carbocycles. The van der Waals surface area contributed by atoms with Crippen molar-refractivity contribution in [1.29, 1.82) is 0 Å². The normalized spacial score (nSPS) is 26.4. The average molecular weight is 602 g/mol. The van der Waals surface area contributed by atoms with E-state index in [1.807, 2.05) is 0 Å². The third-order valence-electron chi connectivity index (χ3n) is 4.57. The van der Waals surface area contributed by atoms with Crippen LogP contribution < -0.4 is 11.2 Å². The Kier molecular flexibility index (Phi) is 12.6. The monoisotopic (exact) mass is 602 g/mol. The van der Waals surface area contributed by atoms with Crippen LogP contribution in [-0.2, 0) is 27.5 Å². The molecular formula is C15H25FN2O18P2. The molecule has 0 amide bonds. The first-order chi connectivity index (χ1) is 17.3. The molecule has 11 N–H and O–H groups in total. The molecule has 1 aliphatic heterocycles. The van der Waals surface area contributed by atoms with Crippen molar-refractivity contribution in [3.63, 3.8) is 0 Å². The van der Waals surface area contributed by atoms with Gasteiger partial charge in [-0.25, -0.2) is 13.9 Å². The lowest BCUT2D eigenvalue weighted by Crippen LogP contribution is -2.46. The van der Waals surface area contributed by atoms with Gasteiger partial charge in [-0.3, -0.25) is 18.9 Å². The standard InChI is InChI=1S/C9H13FN2O12P2.C6H12O6/c10-3-1-12(9(16)11-7(3)15)8-6(14)5(13)4(23-8)2-22-26(20,21)24-25(17,18)19;7-1-3(9)5(11)6(12)4(10)2-8/h1,4-6,8,13-14H,2H2,(H,20,21)(H,11,15,16)(H2,17,18,19);1,3-6,8-12H,2H2/t4-,5-,6-,8-;3-,4+,5+,6+/m10/s1. The van der Waals surface area contributed by atoms with Crippen LogP contribution in [0.25, 0.3) is 0 Å². The van der Waals surface area contributed by atoms with Crippen molar-refractivity contribution in [3.8, 4) is 0 Å². The maximum Gasteiger partial charge on any atom is 0.481 e. The van der Waals surface area contributed by atoms with Crippen LogP contribution in [-0.4, -0.2) is 122 Å². The van der Waals surface area contributed by atoms with E-state index in [1.54, 1.807) is 4.98 Å². The predicted molar refractivity (Wildman–Crippen MR) is 113 cm³/mol. The highest BCUT2D eigenvalue weighted by Crippen LogP contribution is 2.57. The molecule has 0 saturated carbocycles. The Morgan fingerprint density at radius 1 is 1.11 bits per heavy atom. The quantitative estimate of drug-likeness (QED) is 0.0829. The number of carbonyl (C=O) groups is 1. The van der Waals surface area contributed by atoms with Gasteiger partial charge in [0.25, 0.3) is 5.56 Å². The van der Waals surface area contributed by atoms with E-state index >= 15 is 0 Å². The van der Waals surface area contributed by atoms with Crippen LogP contribution in [0.5, 0.6) is 0 Å². The van der Waals surface area contributed by atoms with Gasteiger partial charge in [-0.15, -0.1) is 0 Å². The first-order valence-electron chi connectivity index (χ1n) is 9.90. The van der Waals surface area contributed by atoms with Crippen LogP contribution in [0, 0.1) is 5.82 Å². The smallest absolute Gasteiger partial charge is 0.394 e. The van der Waals surface area contributed by atoms with E-state index in [4.69, 9.17) is 44.9 Å². The Balaban J connectivity index is 0.000000508. The Bertz CT molecular complexity index is 1140. The van der Waals surface area contributed by atoms with Crippen molar-refractivity contribution in [3.05, 3.63) is 32.9 Å². The van der Waals surface area contributed by atoms with Crippen molar-refractivity contribution in [2.45, 2.75) is 49.0 Å². The molecular weight excluding hydrogens is 577 g/mol. The fourth-order valence-electron chi connectivity index (χ4n) is 2.69. The Hall–Kier alpha value is -1.78. The average Bonchev–Trinajstić information content (AvgIpc) is 3.10. The third-order valence-corrected chi connectivity index (χ3v) is 6.72. The van der Waals surface area contributed by atoms with Crippen molar-refractivity contribution in [2.24, 2.45) is 0 Å². The minimum Gasteiger partial charge on any atom is -0.394 e. The molecule has 1 aromatic heterocycles. The molecule has 2 rings (SSSR count). The van der Waals surface area contributed by atoms with E-state index < -0.39 is 94.9 Å². The zero-order chi connectivity index (χ0) is 29.6. The molecule has 38 heavy (non-hydrogen) atoms. The van der Waals surface area contributed by atoms with Crippen LogP contribution in [0.1, 0.15) is 6.23 Å². The van der Waals surface area contributed by atoms with Crippen molar-refractivity contribution < 1.29 is 82.3 Å². The summed E-state index contributed by atoms with van der Waals surface area (Å²) in [5.41, 5.74) is -2.50. The number of phosphoric acid groups is 2. The van der Waals surface area contributed by atoms with Crippen LogP contribution in [0.3, 0.4) is 0 Å². The Morgan fingerprint density at radius 3 is 2.18 bits per heavy atom. The highest BCUT2D eigenvalue weighted by Gasteiger charge is 2.46. The second-order valence-corrected chi connectivity index (χ2v) is 10.2. The first-order valence-corrected chi connectivity index (χ1v) is 12.9. The molecule has 23 heteroatoms. The Morgan fingerprint density at radius 2 is 1.68 bits per heavy atom. The fraction of sp³-hybridized carbons (Fsp3) is 0.667. The summed E-state index contributed by atoms with van der Waals surface area (Å²) in [7, 11) is -10.6.